The van der Waals surface area contributed by atoms with Crippen molar-refractivity contribution in [2.24, 2.45) is 21.1 Å². The Hall–Kier alpha value is -4.09. The van der Waals surface area contributed by atoms with Gasteiger partial charge in [-0.1, -0.05) is 13.8 Å². The minimum atomic E-state index is -4.77. The number of imidazole rings is 1. The molecular formula is C23H23F3N6O3. The van der Waals surface area contributed by atoms with Gasteiger partial charge in [0.2, 0.25) is 0 Å². The zero-order chi connectivity index (χ0) is 25.8. The second-order valence-corrected chi connectivity index (χ2v) is 8.69. The van der Waals surface area contributed by atoms with E-state index in [4.69, 9.17) is 0 Å². The maximum atomic E-state index is 14.0. The topological polar surface area (TPSA) is 99.9 Å². The molecule has 0 fully saturated rings. The largest absolute Gasteiger partial charge is 0.417 e. The monoisotopic (exact) mass is 488 g/mol. The highest BCUT2D eigenvalue weighted by molar-refractivity contribution is 5.87. The number of halogens is 3. The minimum Gasteiger partial charge on any atom is -0.350 e. The second kappa shape index (κ2) is 8.29. The number of benzene rings is 2. The molecule has 0 saturated carbocycles. The number of rotatable bonds is 5. The second-order valence-electron chi connectivity index (χ2n) is 8.69. The maximum Gasteiger partial charge on any atom is 0.417 e. The average Bonchev–Trinajstić information content (AvgIpc) is 3.29. The van der Waals surface area contributed by atoms with E-state index in [1.807, 2.05) is 13.8 Å². The molecule has 0 aliphatic heterocycles. The van der Waals surface area contributed by atoms with Crippen molar-refractivity contribution in [1.82, 2.24) is 18.9 Å². The summed E-state index contributed by atoms with van der Waals surface area (Å²) in [5.74, 6) is -0.0269. The molecule has 2 aromatic heterocycles. The van der Waals surface area contributed by atoms with Crippen LogP contribution in [0, 0.1) is 10.1 Å². The van der Waals surface area contributed by atoms with Gasteiger partial charge in [-0.05, 0) is 29.7 Å². The number of alkyl halides is 3. The van der Waals surface area contributed by atoms with E-state index >= 15 is 0 Å². The quantitative estimate of drug-likeness (QED) is 0.312. The molecule has 0 spiro atoms. The summed E-state index contributed by atoms with van der Waals surface area (Å²) in [5, 5.41) is 18.6. The van der Waals surface area contributed by atoms with Crippen LogP contribution < -0.4 is 11.0 Å². The number of nitro benzene ring substituents is 1. The summed E-state index contributed by atoms with van der Waals surface area (Å²) >= 11 is 0. The Morgan fingerprint density at radius 3 is 2.31 bits per heavy atom. The highest BCUT2D eigenvalue weighted by atomic mass is 19.4. The third-order valence-electron chi connectivity index (χ3n) is 5.94. The fourth-order valence-corrected chi connectivity index (χ4v) is 4.23. The molecule has 1 N–H and O–H groups in total. The summed E-state index contributed by atoms with van der Waals surface area (Å²) in [7, 11) is 4.77. The molecule has 0 atom stereocenters. The smallest absolute Gasteiger partial charge is 0.350 e. The molecule has 0 bridgehead atoms. The van der Waals surface area contributed by atoms with Crippen LogP contribution in [0.5, 0.6) is 0 Å². The van der Waals surface area contributed by atoms with Crippen molar-refractivity contribution in [3.05, 3.63) is 68.4 Å². The van der Waals surface area contributed by atoms with Crippen LogP contribution in [-0.2, 0) is 27.3 Å². The van der Waals surface area contributed by atoms with Gasteiger partial charge in [-0.3, -0.25) is 23.9 Å². The van der Waals surface area contributed by atoms with Crippen molar-refractivity contribution in [1.29, 1.82) is 0 Å². The number of nitrogens with zero attached hydrogens (tertiary/aromatic N) is 5. The van der Waals surface area contributed by atoms with Crippen LogP contribution in [-0.4, -0.2) is 23.8 Å². The van der Waals surface area contributed by atoms with Gasteiger partial charge >= 0.3 is 11.9 Å². The summed E-state index contributed by atoms with van der Waals surface area (Å²) in [6.07, 6.45) is -2.19. The van der Waals surface area contributed by atoms with Gasteiger partial charge in [-0.15, -0.1) is 0 Å². The molecular weight excluding hydrogens is 465 g/mol. The van der Waals surface area contributed by atoms with Crippen molar-refractivity contribution in [2.45, 2.75) is 25.9 Å². The molecule has 4 aromatic rings. The fraction of sp³-hybridized carbons (Fsp3) is 0.304. The van der Waals surface area contributed by atoms with Gasteiger partial charge in [0.05, 0.1) is 27.7 Å². The zero-order valence-electron chi connectivity index (χ0n) is 19.6. The third kappa shape index (κ3) is 4.15. The first kappa shape index (κ1) is 24.0. The molecule has 35 heavy (non-hydrogen) atoms. The summed E-state index contributed by atoms with van der Waals surface area (Å²) in [6.45, 7) is 3.84. The molecule has 0 unspecified atom stereocenters. The molecule has 0 saturated heterocycles. The van der Waals surface area contributed by atoms with Crippen LogP contribution in [0.25, 0.3) is 22.2 Å². The standard InChI is InChI=1S/C23H23F3N6O3/c1-12(2)15-6-14(7-20-21(15)31(5)22(33)30(20)4)28-18-9-17(23(24,25)26)16(8-19(18)32(34)35)13-10-27-29(3)11-13/h6-12,28H,1-5H3. The number of nitrogens with one attached hydrogen (secondary N) is 1. The summed E-state index contributed by atoms with van der Waals surface area (Å²) < 4.78 is 46.3. The Bertz CT molecular complexity index is 1530. The highest BCUT2D eigenvalue weighted by Crippen LogP contribution is 2.43. The summed E-state index contributed by atoms with van der Waals surface area (Å²) in [4.78, 5) is 23.6. The van der Waals surface area contributed by atoms with E-state index in [9.17, 15) is 28.1 Å². The predicted molar refractivity (Wildman–Crippen MR) is 126 cm³/mol. The van der Waals surface area contributed by atoms with Crippen LogP contribution in [0.3, 0.4) is 0 Å². The number of anilines is 2. The Balaban J connectivity index is 1.95. The highest BCUT2D eigenvalue weighted by Gasteiger charge is 2.36. The summed E-state index contributed by atoms with van der Waals surface area (Å²) in [6, 6.07) is 4.93. The lowest BCUT2D eigenvalue weighted by Crippen LogP contribution is -2.19. The molecule has 0 aliphatic rings. The SMILES string of the molecule is CC(C)c1cc(Nc2cc(C(F)(F)F)c(-c3cnn(C)c3)cc2[N+](=O)[O-])cc2c1n(C)c(=O)n2C. The number of aromatic nitrogens is 4. The van der Waals surface area contributed by atoms with Crippen LogP contribution in [0.2, 0.25) is 0 Å². The van der Waals surface area contributed by atoms with Crippen molar-refractivity contribution in [3.63, 3.8) is 0 Å². The fourth-order valence-electron chi connectivity index (χ4n) is 4.23. The van der Waals surface area contributed by atoms with Crippen molar-refractivity contribution < 1.29 is 18.1 Å². The molecule has 2 heterocycles. The molecule has 12 heteroatoms. The van der Waals surface area contributed by atoms with Gasteiger partial charge in [0, 0.05) is 50.2 Å². The van der Waals surface area contributed by atoms with Gasteiger partial charge in [-0.25, -0.2) is 4.79 Å². The number of hydrogen-bond acceptors (Lipinski definition) is 5. The Morgan fingerprint density at radius 1 is 1.09 bits per heavy atom. The lowest BCUT2D eigenvalue weighted by Gasteiger charge is -2.17. The average molecular weight is 488 g/mol. The van der Waals surface area contributed by atoms with E-state index in [1.54, 1.807) is 33.3 Å². The lowest BCUT2D eigenvalue weighted by molar-refractivity contribution is -0.383. The van der Waals surface area contributed by atoms with E-state index in [0.29, 0.717) is 16.7 Å². The number of hydrogen-bond donors (Lipinski definition) is 1. The van der Waals surface area contributed by atoms with Crippen LogP contribution >= 0.6 is 0 Å². The number of aryl methyl sites for hydroxylation is 3. The number of fused-ring (bicyclic) bond motifs is 1. The van der Waals surface area contributed by atoms with E-state index in [2.05, 4.69) is 10.4 Å². The zero-order valence-corrected chi connectivity index (χ0v) is 19.6. The first-order valence-electron chi connectivity index (χ1n) is 10.6. The summed E-state index contributed by atoms with van der Waals surface area (Å²) in [5.41, 5.74) is -0.0177. The minimum absolute atomic E-state index is 0.0269. The van der Waals surface area contributed by atoms with Gasteiger partial charge < -0.3 is 5.32 Å². The van der Waals surface area contributed by atoms with Gasteiger partial charge in [0.1, 0.15) is 5.69 Å². The van der Waals surface area contributed by atoms with Crippen molar-refractivity contribution in [2.75, 3.05) is 5.32 Å². The lowest BCUT2D eigenvalue weighted by atomic mass is 9.98. The van der Waals surface area contributed by atoms with Crippen molar-refractivity contribution >= 4 is 28.1 Å². The van der Waals surface area contributed by atoms with E-state index in [1.165, 1.54) is 26.2 Å². The normalized spacial score (nSPS) is 12.0. The van der Waals surface area contributed by atoms with Gasteiger partial charge in [0.15, 0.2) is 0 Å². The molecule has 0 amide bonds. The Labute approximate surface area is 197 Å². The Kier molecular flexibility index (Phi) is 5.70. The molecule has 4 rings (SSSR count). The van der Waals surface area contributed by atoms with Gasteiger partial charge in [0.25, 0.3) is 5.69 Å². The van der Waals surface area contributed by atoms with Crippen molar-refractivity contribution in [3.8, 4) is 11.1 Å². The first-order valence-corrected chi connectivity index (χ1v) is 10.6. The first-order chi connectivity index (χ1) is 16.3. The van der Waals surface area contributed by atoms with Crippen LogP contribution in [0.1, 0.15) is 30.9 Å². The maximum absolute atomic E-state index is 14.0. The molecule has 9 nitrogen and oxygen atoms in total. The molecule has 0 radical (unpaired) electrons. The van der Waals surface area contributed by atoms with E-state index in [0.717, 1.165) is 17.7 Å². The molecule has 184 valence electrons. The van der Waals surface area contributed by atoms with Gasteiger partial charge in [-0.2, -0.15) is 18.3 Å². The number of nitro groups is 1. The predicted octanol–water partition coefficient (Wildman–Crippen LogP) is 5.07. The van der Waals surface area contributed by atoms with E-state index < -0.39 is 22.4 Å². The van der Waals surface area contributed by atoms with Crippen LogP contribution in [0.4, 0.5) is 30.2 Å². The molecule has 0 aliphatic carbocycles. The molecule has 2 aromatic carbocycles. The van der Waals surface area contributed by atoms with Crippen LogP contribution in [0.15, 0.2) is 41.5 Å². The van der Waals surface area contributed by atoms with E-state index in [-0.39, 0.29) is 28.4 Å². The Morgan fingerprint density at radius 2 is 1.77 bits per heavy atom. The third-order valence-corrected chi connectivity index (χ3v) is 5.94.